The Hall–Kier alpha value is -3.74. The Morgan fingerprint density at radius 2 is 1.90 bits per heavy atom. The summed E-state index contributed by atoms with van der Waals surface area (Å²) in [5.41, 5.74) is 4.75. The lowest BCUT2D eigenvalue weighted by Gasteiger charge is -2.08. The highest BCUT2D eigenvalue weighted by atomic mass is 19.1. The minimum atomic E-state index is -0.223. The highest BCUT2D eigenvalue weighted by Crippen LogP contribution is 2.32. The fraction of sp³-hybridized carbons (Fsp3) is 0.136. The van der Waals surface area contributed by atoms with E-state index in [1.165, 1.54) is 12.1 Å². The topological polar surface area (TPSA) is 71.4 Å². The standard InChI is InChI=1S/C22H19FN6/c1-29-12-16(20-27-17-4-2-3-5-18(17)28-20)19-21(25-13-26-22(19)29)24-11-10-14-6-8-15(23)9-7-14/h2-9,12-13H,10-11H2,1H3,(H,27,28)(H,24,25,26). The van der Waals surface area contributed by atoms with Crippen LogP contribution in [0.2, 0.25) is 0 Å². The van der Waals surface area contributed by atoms with Crippen molar-refractivity contribution in [2.24, 2.45) is 7.05 Å². The van der Waals surface area contributed by atoms with Crippen LogP contribution in [0.1, 0.15) is 5.56 Å². The molecule has 0 saturated heterocycles. The summed E-state index contributed by atoms with van der Waals surface area (Å²) < 4.78 is 15.1. The number of benzene rings is 2. The number of halogens is 1. The molecule has 0 saturated carbocycles. The van der Waals surface area contributed by atoms with Crippen LogP contribution >= 0.6 is 0 Å². The lowest BCUT2D eigenvalue weighted by molar-refractivity contribution is 0.627. The maximum atomic E-state index is 13.1. The van der Waals surface area contributed by atoms with Crippen LogP contribution in [0.3, 0.4) is 0 Å². The maximum absolute atomic E-state index is 13.1. The number of hydrogen-bond acceptors (Lipinski definition) is 4. The van der Waals surface area contributed by atoms with Crippen LogP contribution in [0, 0.1) is 5.82 Å². The highest BCUT2D eigenvalue weighted by molar-refractivity contribution is 6.01. The summed E-state index contributed by atoms with van der Waals surface area (Å²) >= 11 is 0. The normalized spacial score (nSPS) is 11.4. The van der Waals surface area contributed by atoms with Crippen LogP contribution in [0.15, 0.2) is 61.1 Å². The van der Waals surface area contributed by atoms with Crippen LogP contribution in [-0.2, 0) is 13.5 Å². The lowest BCUT2D eigenvalue weighted by atomic mass is 10.1. The van der Waals surface area contributed by atoms with Gasteiger partial charge >= 0.3 is 0 Å². The van der Waals surface area contributed by atoms with Gasteiger partial charge in [-0.1, -0.05) is 24.3 Å². The molecule has 0 amide bonds. The van der Waals surface area contributed by atoms with Gasteiger partial charge in [0, 0.05) is 25.4 Å². The second-order valence-corrected chi connectivity index (χ2v) is 6.98. The molecule has 29 heavy (non-hydrogen) atoms. The van der Waals surface area contributed by atoms with E-state index in [0.29, 0.717) is 6.54 Å². The van der Waals surface area contributed by atoms with Crippen LogP contribution < -0.4 is 5.32 Å². The molecule has 3 heterocycles. The zero-order valence-corrected chi connectivity index (χ0v) is 15.9. The summed E-state index contributed by atoms with van der Waals surface area (Å²) in [6.45, 7) is 0.673. The summed E-state index contributed by atoms with van der Waals surface area (Å²) in [6.07, 6.45) is 4.34. The zero-order valence-electron chi connectivity index (χ0n) is 15.9. The number of aromatic amines is 1. The van der Waals surface area contributed by atoms with Crippen LogP contribution in [0.25, 0.3) is 33.5 Å². The summed E-state index contributed by atoms with van der Waals surface area (Å²) in [4.78, 5) is 17.0. The molecule has 0 unspecified atom stereocenters. The van der Waals surface area contributed by atoms with Crippen LogP contribution in [0.4, 0.5) is 10.2 Å². The van der Waals surface area contributed by atoms with Gasteiger partial charge in [-0.3, -0.25) is 0 Å². The van der Waals surface area contributed by atoms with E-state index in [1.54, 1.807) is 18.5 Å². The summed E-state index contributed by atoms with van der Waals surface area (Å²) in [6, 6.07) is 14.5. The van der Waals surface area contributed by atoms with Gasteiger partial charge in [-0.05, 0) is 36.2 Å². The molecule has 0 fully saturated rings. The van der Waals surface area contributed by atoms with E-state index in [2.05, 4.69) is 20.3 Å². The van der Waals surface area contributed by atoms with E-state index in [4.69, 9.17) is 4.98 Å². The van der Waals surface area contributed by atoms with Gasteiger partial charge in [-0.2, -0.15) is 0 Å². The number of anilines is 1. The van der Waals surface area contributed by atoms with E-state index in [9.17, 15) is 4.39 Å². The average molecular weight is 386 g/mol. The number of hydrogen-bond donors (Lipinski definition) is 2. The Morgan fingerprint density at radius 1 is 1.07 bits per heavy atom. The van der Waals surface area contributed by atoms with E-state index < -0.39 is 0 Å². The summed E-state index contributed by atoms with van der Waals surface area (Å²) in [5, 5.41) is 4.33. The van der Waals surface area contributed by atoms with E-state index in [-0.39, 0.29) is 5.82 Å². The average Bonchev–Trinajstić information content (AvgIpc) is 3.31. The molecule has 3 aromatic heterocycles. The van der Waals surface area contributed by atoms with E-state index in [0.717, 1.165) is 51.3 Å². The van der Waals surface area contributed by atoms with Gasteiger partial charge < -0.3 is 14.9 Å². The molecule has 0 spiro atoms. The van der Waals surface area contributed by atoms with Crippen molar-refractivity contribution in [1.82, 2.24) is 24.5 Å². The largest absolute Gasteiger partial charge is 0.369 e. The Bertz CT molecular complexity index is 1270. The lowest BCUT2D eigenvalue weighted by Crippen LogP contribution is -2.07. The van der Waals surface area contributed by atoms with Crippen molar-refractivity contribution in [3.8, 4) is 11.4 Å². The van der Waals surface area contributed by atoms with E-state index >= 15 is 0 Å². The van der Waals surface area contributed by atoms with Crippen molar-refractivity contribution in [3.05, 3.63) is 72.4 Å². The molecule has 6 nitrogen and oxygen atoms in total. The van der Waals surface area contributed by atoms with Crippen molar-refractivity contribution in [1.29, 1.82) is 0 Å². The summed E-state index contributed by atoms with van der Waals surface area (Å²) in [5.74, 6) is 1.32. The van der Waals surface area contributed by atoms with Crippen molar-refractivity contribution in [3.63, 3.8) is 0 Å². The second kappa shape index (κ2) is 7.01. The second-order valence-electron chi connectivity index (χ2n) is 6.98. The van der Waals surface area contributed by atoms with E-state index in [1.807, 2.05) is 42.1 Å². The number of nitrogens with one attached hydrogen (secondary N) is 2. The third kappa shape index (κ3) is 3.20. The Morgan fingerprint density at radius 3 is 2.72 bits per heavy atom. The van der Waals surface area contributed by atoms with Crippen molar-refractivity contribution < 1.29 is 4.39 Å². The van der Waals surface area contributed by atoms with Gasteiger partial charge in [-0.15, -0.1) is 0 Å². The minimum absolute atomic E-state index is 0.223. The number of rotatable bonds is 5. The number of nitrogens with zero attached hydrogens (tertiary/aromatic N) is 4. The molecule has 0 bridgehead atoms. The smallest absolute Gasteiger partial charge is 0.145 e. The van der Waals surface area contributed by atoms with Crippen molar-refractivity contribution in [2.75, 3.05) is 11.9 Å². The fourth-order valence-electron chi connectivity index (χ4n) is 3.58. The molecule has 0 atom stereocenters. The predicted molar refractivity (Wildman–Crippen MR) is 112 cm³/mol. The van der Waals surface area contributed by atoms with Crippen LogP contribution in [0.5, 0.6) is 0 Å². The van der Waals surface area contributed by atoms with Gasteiger partial charge in [0.2, 0.25) is 0 Å². The Labute approximate surface area is 166 Å². The molecular formula is C22H19FN6. The first-order chi connectivity index (χ1) is 14.2. The molecule has 2 aromatic carbocycles. The zero-order chi connectivity index (χ0) is 19.8. The molecule has 5 aromatic rings. The fourth-order valence-corrected chi connectivity index (χ4v) is 3.58. The van der Waals surface area contributed by atoms with Gasteiger partial charge in [0.15, 0.2) is 0 Å². The number of H-pyrrole nitrogens is 1. The number of aryl methyl sites for hydroxylation is 1. The third-order valence-electron chi connectivity index (χ3n) is 5.02. The molecular weight excluding hydrogens is 367 g/mol. The molecule has 0 aliphatic carbocycles. The predicted octanol–water partition coefficient (Wildman–Crippen LogP) is 4.31. The number of imidazole rings is 1. The minimum Gasteiger partial charge on any atom is -0.369 e. The first-order valence-electron chi connectivity index (χ1n) is 9.42. The number of para-hydroxylation sites is 2. The van der Waals surface area contributed by atoms with Gasteiger partial charge in [0.05, 0.1) is 16.4 Å². The van der Waals surface area contributed by atoms with Crippen LogP contribution in [-0.4, -0.2) is 31.0 Å². The number of aromatic nitrogens is 5. The molecule has 0 aliphatic heterocycles. The Kier molecular flexibility index (Phi) is 4.20. The third-order valence-corrected chi connectivity index (χ3v) is 5.02. The molecule has 144 valence electrons. The quantitative estimate of drug-likeness (QED) is 0.472. The first-order valence-corrected chi connectivity index (χ1v) is 9.42. The first kappa shape index (κ1) is 17.4. The molecule has 5 rings (SSSR count). The summed E-state index contributed by atoms with van der Waals surface area (Å²) in [7, 11) is 1.96. The monoisotopic (exact) mass is 386 g/mol. The number of fused-ring (bicyclic) bond motifs is 2. The SMILES string of the molecule is Cn1cc(-c2nc3ccccc3[nH]2)c2c(NCCc3ccc(F)cc3)ncnc21. The van der Waals surface area contributed by atoms with Crippen molar-refractivity contribution in [2.45, 2.75) is 6.42 Å². The molecule has 0 aliphatic rings. The molecule has 2 N–H and O–H groups in total. The maximum Gasteiger partial charge on any atom is 0.145 e. The van der Waals surface area contributed by atoms with Gasteiger partial charge in [-0.25, -0.2) is 19.3 Å². The highest BCUT2D eigenvalue weighted by Gasteiger charge is 2.17. The molecule has 0 radical (unpaired) electrons. The molecule has 7 heteroatoms. The van der Waals surface area contributed by atoms with Crippen molar-refractivity contribution >= 4 is 27.9 Å². The Balaban J connectivity index is 1.50. The van der Waals surface area contributed by atoms with Gasteiger partial charge in [0.25, 0.3) is 0 Å². The van der Waals surface area contributed by atoms with Gasteiger partial charge in [0.1, 0.15) is 29.4 Å².